The zero-order chi connectivity index (χ0) is 28.4. The van der Waals surface area contributed by atoms with Crippen LogP contribution >= 0.6 is 0 Å². The molecule has 3 aromatic rings. The standard InChI is InChI=1S/C31H38F2N2O4/c1-30(2,3)20-9-8-10-21(16-20)31(11-6-5-7-12-31)34-18-25(36)24(15-19-13-22(32)17-23(33)14-19)35-26-27(37)28(38)29(26)39-4/h8-10,13-14,16-17,24-25,34-36H,5-7,11-12,15,18H2,1-4H3. The fourth-order valence-electron chi connectivity index (χ4n) is 5.60. The van der Waals surface area contributed by atoms with Gasteiger partial charge in [0, 0.05) is 18.2 Å². The molecule has 0 aromatic heterocycles. The molecule has 1 aliphatic rings. The van der Waals surface area contributed by atoms with E-state index in [1.807, 2.05) is 0 Å². The first-order valence-electron chi connectivity index (χ1n) is 13.6. The van der Waals surface area contributed by atoms with Crippen molar-refractivity contribution in [3.63, 3.8) is 0 Å². The van der Waals surface area contributed by atoms with Crippen molar-refractivity contribution in [3.05, 3.63) is 91.2 Å². The van der Waals surface area contributed by atoms with Crippen LogP contribution in [0.25, 0.3) is 0 Å². The number of anilines is 1. The van der Waals surface area contributed by atoms with Crippen LogP contribution in [0.5, 0.6) is 5.75 Å². The molecule has 0 amide bonds. The van der Waals surface area contributed by atoms with Crippen LogP contribution in [0.3, 0.4) is 0 Å². The predicted molar refractivity (Wildman–Crippen MR) is 149 cm³/mol. The number of halogens is 2. The summed E-state index contributed by atoms with van der Waals surface area (Å²) in [6.45, 7) is 6.69. The second-order valence-electron chi connectivity index (χ2n) is 11.7. The lowest BCUT2D eigenvalue weighted by Crippen LogP contribution is -2.51. The van der Waals surface area contributed by atoms with Gasteiger partial charge in [-0.05, 0) is 53.5 Å². The topological polar surface area (TPSA) is 87.7 Å². The third kappa shape index (κ3) is 6.39. The third-order valence-corrected chi connectivity index (χ3v) is 7.88. The minimum absolute atomic E-state index is 0.0137. The first kappa shape index (κ1) is 28.9. The second-order valence-corrected chi connectivity index (χ2v) is 11.7. The summed E-state index contributed by atoms with van der Waals surface area (Å²) in [4.78, 5) is 24.1. The maximum atomic E-state index is 13.9. The Bertz CT molecular complexity index is 1350. The Morgan fingerprint density at radius 2 is 1.67 bits per heavy atom. The molecule has 3 N–H and O–H groups in total. The largest absolute Gasteiger partial charge is 0.491 e. The second kappa shape index (κ2) is 11.6. The first-order valence-corrected chi connectivity index (χ1v) is 13.6. The van der Waals surface area contributed by atoms with E-state index in [9.17, 15) is 23.5 Å². The highest BCUT2D eigenvalue weighted by Gasteiger charge is 2.36. The summed E-state index contributed by atoms with van der Waals surface area (Å²) < 4.78 is 32.9. The third-order valence-electron chi connectivity index (χ3n) is 7.88. The lowest BCUT2D eigenvalue weighted by molar-refractivity contribution is 0.122. The van der Waals surface area contributed by atoms with E-state index in [4.69, 9.17) is 4.74 Å². The normalized spacial score (nSPS) is 17.1. The molecular weight excluding hydrogens is 502 g/mol. The van der Waals surface area contributed by atoms with E-state index < -0.39 is 34.6 Å². The molecule has 0 heterocycles. The quantitative estimate of drug-likeness (QED) is 0.323. The number of hydrogen-bond acceptors (Lipinski definition) is 6. The Hall–Kier alpha value is -3.10. The Morgan fingerprint density at radius 1 is 1.00 bits per heavy atom. The summed E-state index contributed by atoms with van der Waals surface area (Å²) in [5.74, 6) is -1.58. The van der Waals surface area contributed by atoms with Gasteiger partial charge in [0.1, 0.15) is 17.3 Å². The van der Waals surface area contributed by atoms with Crippen molar-refractivity contribution in [2.45, 2.75) is 82.4 Å². The van der Waals surface area contributed by atoms with Crippen LogP contribution in [0.4, 0.5) is 14.5 Å². The highest BCUT2D eigenvalue weighted by atomic mass is 19.1. The molecule has 6 nitrogen and oxygen atoms in total. The number of aliphatic hydroxyl groups excluding tert-OH is 1. The van der Waals surface area contributed by atoms with Gasteiger partial charge in [-0.2, -0.15) is 0 Å². The summed E-state index contributed by atoms with van der Waals surface area (Å²) in [6.07, 6.45) is 4.02. The van der Waals surface area contributed by atoms with Crippen LogP contribution in [0.15, 0.2) is 52.1 Å². The average molecular weight is 541 g/mol. The van der Waals surface area contributed by atoms with E-state index in [1.54, 1.807) is 0 Å². The Balaban J connectivity index is 1.61. The molecule has 0 radical (unpaired) electrons. The molecule has 0 aliphatic heterocycles. The smallest absolute Gasteiger partial charge is 0.271 e. The van der Waals surface area contributed by atoms with Gasteiger partial charge in [0.25, 0.3) is 10.9 Å². The zero-order valence-electron chi connectivity index (χ0n) is 23.1. The highest BCUT2D eigenvalue weighted by molar-refractivity contribution is 5.62. The van der Waals surface area contributed by atoms with E-state index in [-0.39, 0.29) is 35.4 Å². The van der Waals surface area contributed by atoms with Crippen molar-refractivity contribution in [3.8, 4) is 5.75 Å². The number of methoxy groups -OCH3 is 1. The van der Waals surface area contributed by atoms with Crippen molar-refractivity contribution in [1.82, 2.24) is 5.32 Å². The van der Waals surface area contributed by atoms with Gasteiger partial charge in [-0.25, -0.2) is 8.78 Å². The van der Waals surface area contributed by atoms with Gasteiger partial charge in [0.15, 0.2) is 5.75 Å². The summed E-state index contributed by atoms with van der Waals surface area (Å²) in [5, 5.41) is 18.0. The van der Waals surface area contributed by atoms with E-state index in [0.717, 1.165) is 38.2 Å². The number of nitrogens with one attached hydrogen (secondary N) is 2. The summed E-state index contributed by atoms with van der Waals surface area (Å²) in [5.41, 5.74) is 0.832. The summed E-state index contributed by atoms with van der Waals surface area (Å²) in [7, 11) is 1.29. The van der Waals surface area contributed by atoms with Crippen LogP contribution < -0.4 is 26.2 Å². The molecule has 1 fully saturated rings. The fraction of sp³-hybridized carbons (Fsp3) is 0.484. The molecule has 8 heteroatoms. The van der Waals surface area contributed by atoms with E-state index in [0.29, 0.717) is 5.56 Å². The summed E-state index contributed by atoms with van der Waals surface area (Å²) >= 11 is 0. The molecule has 0 spiro atoms. The lowest BCUT2D eigenvalue weighted by atomic mass is 9.74. The van der Waals surface area contributed by atoms with Gasteiger partial charge in [-0.3, -0.25) is 9.59 Å². The number of hydrogen-bond donors (Lipinski definition) is 3. The molecule has 4 rings (SSSR count). The minimum atomic E-state index is -1.06. The molecule has 210 valence electrons. The average Bonchev–Trinajstić information content (AvgIpc) is 2.90. The molecular formula is C31H38F2N2O4. The maximum Gasteiger partial charge on any atom is 0.271 e. The van der Waals surface area contributed by atoms with Crippen molar-refractivity contribution >= 4 is 5.69 Å². The van der Waals surface area contributed by atoms with Crippen molar-refractivity contribution in [2.24, 2.45) is 0 Å². The zero-order valence-corrected chi connectivity index (χ0v) is 23.1. The van der Waals surface area contributed by atoms with Gasteiger partial charge in [-0.1, -0.05) is 64.3 Å². The van der Waals surface area contributed by atoms with Crippen molar-refractivity contribution in [1.29, 1.82) is 0 Å². The van der Waals surface area contributed by atoms with Gasteiger partial charge in [0.2, 0.25) is 0 Å². The molecule has 1 saturated carbocycles. The molecule has 2 atom stereocenters. The molecule has 39 heavy (non-hydrogen) atoms. The van der Waals surface area contributed by atoms with Gasteiger partial charge < -0.3 is 20.5 Å². The highest BCUT2D eigenvalue weighted by Crippen LogP contribution is 2.39. The molecule has 1 aliphatic carbocycles. The Morgan fingerprint density at radius 3 is 2.28 bits per heavy atom. The van der Waals surface area contributed by atoms with Gasteiger partial charge in [0.05, 0.1) is 19.3 Å². The minimum Gasteiger partial charge on any atom is -0.491 e. The van der Waals surface area contributed by atoms with Crippen LogP contribution in [-0.2, 0) is 17.4 Å². The van der Waals surface area contributed by atoms with Gasteiger partial charge >= 0.3 is 0 Å². The van der Waals surface area contributed by atoms with Crippen LogP contribution in [0, 0.1) is 11.6 Å². The number of benzene rings is 2. The lowest BCUT2D eigenvalue weighted by Gasteiger charge is -2.41. The van der Waals surface area contributed by atoms with E-state index in [2.05, 4.69) is 55.7 Å². The Labute approximate surface area is 228 Å². The van der Waals surface area contributed by atoms with Crippen molar-refractivity contribution in [2.75, 3.05) is 19.0 Å². The number of ether oxygens (including phenoxy) is 1. The molecule has 3 aromatic carbocycles. The van der Waals surface area contributed by atoms with Crippen molar-refractivity contribution < 1.29 is 18.6 Å². The van der Waals surface area contributed by atoms with E-state index in [1.165, 1.54) is 30.4 Å². The SMILES string of the molecule is COc1c(NC(Cc2cc(F)cc(F)c2)C(O)CNC2(c3cccc(C(C)(C)C)c3)CCCCC2)c(=O)c1=O. The Kier molecular flexibility index (Phi) is 8.57. The molecule has 0 saturated heterocycles. The van der Waals surface area contributed by atoms with E-state index >= 15 is 0 Å². The maximum absolute atomic E-state index is 13.9. The van der Waals surface area contributed by atoms with Gasteiger partial charge in [-0.15, -0.1) is 0 Å². The first-order chi connectivity index (χ1) is 18.4. The molecule has 2 unspecified atom stereocenters. The van der Waals surface area contributed by atoms with Crippen LogP contribution in [0.2, 0.25) is 0 Å². The molecule has 0 bridgehead atoms. The van der Waals surface area contributed by atoms with Crippen LogP contribution in [0.1, 0.15) is 69.6 Å². The van der Waals surface area contributed by atoms with Crippen LogP contribution in [-0.4, -0.2) is 30.9 Å². The fourth-order valence-corrected chi connectivity index (χ4v) is 5.60. The summed E-state index contributed by atoms with van der Waals surface area (Å²) in [6, 6.07) is 10.9. The number of aliphatic hydroxyl groups is 1. The monoisotopic (exact) mass is 540 g/mol. The predicted octanol–water partition coefficient (Wildman–Crippen LogP) is 4.70. The number of rotatable bonds is 10.